The van der Waals surface area contributed by atoms with E-state index in [1.807, 2.05) is 0 Å². The minimum absolute atomic E-state index is 0.457. The van der Waals surface area contributed by atoms with Crippen LogP contribution in [0.1, 0.15) is 25.7 Å². The average molecular weight is 1130 g/mol. The maximum absolute atomic E-state index is 12.6. The van der Waals surface area contributed by atoms with Crippen molar-refractivity contribution in [3.8, 4) is 0 Å². The average Bonchev–Trinajstić information content (AvgIpc) is 3.24. The number of carboxylic acids is 2. The van der Waals surface area contributed by atoms with Crippen molar-refractivity contribution in [3.63, 3.8) is 0 Å². The monoisotopic (exact) mass is 1130 g/mol. The lowest BCUT2D eigenvalue weighted by Gasteiger charge is -2.47. The van der Waals surface area contributed by atoms with Gasteiger partial charge in [0.25, 0.3) is 0 Å². The molecule has 5 aliphatic rings. The number of hydrogen-bond acceptors (Lipinski definition) is 30. The summed E-state index contributed by atoms with van der Waals surface area (Å²) in [5, 5.41) is 85.1. The highest BCUT2D eigenvalue weighted by Crippen LogP contribution is 2.37. The number of aliphatic hydroxyl groups excluding tert-OH is 6. The van der Waals surface area contributed by atoms with Gasteiger partial charge >= 0.3 is 53.5 Å². The zero-order chi connectivity index (χ0) is 53.1. The Labute approximate surface area is 400 Å². The molecule has 0 aromatic rings. The smallest absolute Gasteiger partial charge is 0.397 e. The summed E-state index contributed by atoms with van der Waals surface area (Å²) in [6.45, 7) is -3.45. The van der Waals surface area contributed by atoms with E-state index in [0.29, 0.717) is 0 Å². The maximum atomic E-state index is 12.6. The van der Waals surface area contributed by atoms with Gasteiger partial charge in [-0.15, -0.1) is 0 Å². The molecule has 7 unspecified atom stereocenters. The minimum atomic E-state index is -5.66. The topological polar surface area (TPSA) is 543 Å². The summed E-state index contributed by atoms with van der Waals surface area (Å²) in [5.74, 6) is -3.88. The zero-order valence-corrected chi connectivity index (χ0v) is 39.1. The molecule has 5 rings (SSSR count). The highest BCUT2D eigenvalue weighted by atomic mass is 32.3. The highest BCUT2D eigenvalue weighted by molar-refractivity contribution is 7.81. The molecule has 0 aromatic carbocycles. The van der Waals surface area contributed by atoms with Gasteiger partial charge in [0.2, 0.25) is 0 Å². The highest BCUT2D eigenvalue weighted by Gasteiger charge is 2.56. The van der Waals surface area contributed by atoms with Crippen molar-refractivity contribution in [3.05, 3.63) is 0 Å². The molecule has 0 saturated carbocycles. The van der Waals surface area contributed by atoms with Crippen LogP contribution in [-0.2, 0) is 115 Å². The molecule has 0 amide bonds. The van der Waals surface area contributed by atoms with Crippen LogP contribution in [0.2, 0.25) is 0 Å². The van der Waals surface area contributed by atoms with Gasteiger partial charge in [-0.2, -0.15) is 33.7 Å². The number of carboxylic acid groups (broad SMARTS) is 2. The van der Waals surface area contributed by atoms with Gasteiger partial charge in [-0.05, 0) is 6.42 Å². The lowest BCUT2D eigenvalue weighted by atomic mass is 9.96. The van der Waals surface area contributed by atoms with E-state index in [0.717, 1.165) is 7.11 Å². The zero-order valence-electron chi connectivity index (χ0n) is 35.9. The first-order valence-corrected chi connectivity index (χ1v) is 25.7. The molecular formula is C31H50O36S4. The fraction of sp³-hybridized carbons (Fsp3) is 0.935. The Balaban J connectivity index is 1.33. The van der Waals surface area contributed by atoms with Crippen molar-refractivity contribution < 1.29 is 166 Å². The van der Waals surface area contributed by atoms with Gasteiger partial charge in [0.15, 0.2) is 49.8 Å². The number of hydrogen-bond donors (Lipinski definition) is 12. The second kappa shape index (κ2) is 24.2. The van der Waals surface area contributed by atoms with E-state index in [4.69, 9.17) is 56.5 Å². The summed E-state index contributed by atoms with van der Waals surface area (Å²) in [4.78, 5) is 25.0. The first-order chi connectivity index (χ1) is 32.7. The van der Waals surface area contributed by atoms with Crippen LogP contribution in [0.5, 0.6) is 0 Å². The fourth-order valence-electron chi connectivity index (χ4n) is 7.72. The minimum Gasteiger partial charge on any atom is -0.479 e. The molecule has 5 saturated heterocycles. The van der Waals surface area contributed by atoms with Crippen LogP contribution >= 0.6 is 0 Å². The van der Waals surface area contributed by atoms with Crippen LogP contribution in [0.4, 0.5) is 0 Å². The SMILES string of the molecule is CO[C@@H]1C[C@@H](O)[C@H](O[C@@H]2OC(C(=O)O)[C@@H](O[C@@H]3CC[C@H](O[C@@H]4OC(C(=O)O)[C@@H](O[C@@H]5C[C@@H](O)[C@H](O)C(COS(=O)(=O)O)O5)[C@H](O)C4O)C(COS(=O)(=O)O)O3)[C@H](O)C2OS(=O)(=O)O)C(COS(=O)(=O)O)O1. The van der Waals surface area contributed by atoms with Crippen molar-refractivity contribution in [1.82, 2.24) is 0 Å². The van der Waals surface area contributed by atoms with Crippen LogP contribution < -0.4 is 0 Å². The predicted octanol–water partition coefficient (Wildman–Crippen LogP) is -7.66. The van der Waals surface area contributed by atoms with Crippen molar-refractivity contribution in [1.29, 1.82) is 0 Å². The Morgan fingerprint density at radius 3 is 1.49 bits per heavy atom. The van der Waals surface area contributed by atoms with Crippen LogP contribution in [0, 0.1) is 0 Å². The molecule has 5 heterocycles. The third kappa shape index (κ3) is 16.9. The second-order valence-corrected chi connectivity index (χ2v) is 20.1. The first-order valence-electron chi connectivity index (χ1n) is 20.2. The molecule has 414 valence electrons. The molecular weight excluding hydrogens is 1080 g/mol. The summed E-state index contributed by atoms with van der Waals surface area (Å²) in [6.07, 6.45) is -44.8. The van der Waals surface area contributed by atoms with Gasteiger partial charge in [0, 0.05) is 26.4 Å². The van der Waals surface area contributed by atoms with E-state index in [1.165, 1.54) is 0 Å². The number of methoxy groups -OCH3 is 1. The molecule has 21 atom stereocenters. The quantitative estimate of drug-likeness (QED) is 0.0448. The van der Waals surface area contributed by atoms with Gasteiger partial charge < -0.3 is 88.2 Å². The molecule has 0 spiro atoms. The summed E-state index contributed by atoms with van der Waals surface area (Å²) < 4.78 is 201. The van der Waals surface area contributed by atoms with Crippen LogP contribution in [-0.4, -0.2) is 261 Å². The van der Waals surface area contributed by atoms with Gasteiger partial charge in [-0.25, -0.2) is 26.3 Å². The molecule has 40 heteroatoms. The Bertz CT molecular complexity index is 2250. The third-order valence-electron chi connectivity index (χ3n) is 10.9. The van der Waals surface area contributed by atoms with Gasteiger partial charge in [-0.3, -0.25) is 18.2 Å². The maximum Gasteiger partial charge on any atom is 0.397 e. The van der Waals surface area contributed by atoms with Gasteiger partial charge in [-0.1, -0.05) is 0 Å². The lowest BCUT2D eigenvalue weighted by molar-refractivity contribution is -0.362. The Morgan fingerprint density at radius 2 is 0.958 bits per heavy atom. The molecule has 0 radical (unpaired) electrons. The largest absolute Gasteiger partial charge is 0.479 e. The molecule has 36 nitrogen and oxygen atoms in total. The summed E-state index contributed by atoms with van der Waals surface area (Å²) in [7, 11) is -20.1. The molecule has 0 aliphatic carbocycles. The summed E-state index contributed by atoms with van der Waals surface area (Å²) in [6, 6.07) is 0. The predicted molar refractivity (Wildman–Crippen MR) is 209 cm³/mol. The van der Waals surface area contributed by atoms with Crippen molar-refractivity contribution in [2.75, 3.05) is 26.9 Å². The van der Waals surface area contributed by atoms with E-state index in [-0.39, 0.29) is 0 Å². The number of aliphatic hydroxyl groups is 6. The van der Waals surface area contributed by atoms with Gasteiger partial charge in [0.1, 0.15) is 61.0 Å². The third-order valence-corrected chi connectivity index (χ3v) is 12.6. The molecule has 71 heavy (non-hydrogen) atoms. The Kier molecular flexibility index (Phi) is 20.3. The van der Waals surface area contributed by atoms with Crippen LogP contribution in [0.25, 0.3) is 0 Å². The number of carbonyl (C=O) groups is 2. The Hall–Kier alpha value is -2.22. The molecule has 12 N–H and O–H groups in total. The van der Waals surface area contributed by atoms with Crippen LogP contribution in [0.15, 0.2) is 0 Å². The Morgan fingerprint density at radius 1 is 0.479 bits per heavy atom. The summed E-state index contributed by atoms with van der Waals surface area (Å²) in [5.41, 5.74) is 0. The lowest BCUT2D eigenvalue weighted by Crippen LogP contribution is -2.65. The number of rotatable bonds is 22. The first kappa shape index (κ1) is 59.7. The normalized spacial score (nSPS) is 41.0. The van der Waals surface area contributed by atoms with Gasteiger partial charge in [0.05, 0.1) is 38.1 Å². The number of aliphatic carboxylic acids is 2. The van der Waals surface area contributed by atoms with Crippen LogP contribution in [0.3, 0.4) is 0 Å². The molecule has 5 fully saturated rings. The van der Waals surface area contributed by atoms with Crippen molar-refractivity contribution >= 4 is 53.5 Å². The van der Waals surface area contributed by atoms with E-state index >= 15 is 0 Å². The molecule has 0 bridgehead atoms. The standard InChI is InChI=1S/C31H50O36S4/c1-54-16-5-10(33)22(14(60-16)8-57-70(48,49)50)64-31-25(67-71(51,52)53)21(37)24(27(66-31)29(40)41)62-15-3-2-11(12(58-15)6-55-68(42,43)44)61-30-20(36)19(35)23(26(65-30)28(38)39)63-17-4-9(32)18(34)13(59-17)7-56-69(45,46)47/h9-27,30-37H,2-8H2,1H3,(H,38,39)(H,40,41)(H,42,43,44)(H,45,46,47)(H,48,49,50)(H,51,52,53)/t9-,10-,11+,12?,13?,14?,15-,16+,17-,18+,19-,20?,21+,22+,23+,24+,25?,26?,27?,30-,31-/m1/s1. The summed E-state index contributed by atoms with van der Waals surface area (Å²) >= 11 is 0. The molecule has 0 aromatic heterocycles. The molecule has 5 aliphatic heterocycles. The number of ether oxygens (including phenoxy) is 10. The second-order valence-electron chi connectivity index (χ2n) is 15.8. The van der Waals surface area contributed by atoms with E-state index in [1.54, 1.807) is 0 Å². The van der Waals surface area contributed by atoms with Crippen molar-refractivity contribution in [2.45, 2.75) is 155 Å². The van der Waals surface area contributed by atoms with E-state index < -0.39 is 228 Å². The van der Waals surface area contributed by atoms with Crippen molar-refractivity contribution in [2.24, 2.45) is 0 Å². The fourth-order valence-corrected chi connectivity index (χ4v) is 9.12. The van der Waals surface area contributed by atoms with E-state index in [9.17, 15) is 93.2 Å². The van der Waals surface area contributed by atoms with E-state index in [2.05, 4.69) is 16.7 Å².